The Morgan fingerprint density at radius 3 is 2.56 bits per heavy atom. The van der Waals surface area contributed by atoms with Crippen LogP contribution in [0.25, 0.3) is 0 Å². The van der Waals surface area contributed by atoms with Crippen molar-refractivity contribution in [2.75, 3.05) is 26.4 Å². The van der Waals surface area contributed by atoms with Gasteiger partial charge in [0.25, 0.3) is 0 Å². The zero-order chi connectivity index (χ0) is 12.8. The fourth-order valence-corrected chi connectivity index (χ4v) is 2.34. The monoisotopic (exact) mass is 249 g/mol. The van der Waals surface area contributed by atoms with Crippen LogP contribution in [0, 0.1) is 0 Å². The van der Waals surface area contributed by atoms with Crippen LogP contribution in [-0.4, -0.2) is 32.5 Å². The standard InChI is InChI=1S/C15H23NO2/c1-3-12-5-7-13(8-6-12)15(16-4-2)14-11-17-9-10-18-14/h5-8,14-16H,3-4,9-11H2,1-2H3. The summed E-state index contributed by atoms with van der Waals surface area (Å²) in [4.78, 5) is 0. The van der Waals surface area contributed by atoms with E-state index in [4.69, 9.17) is 9.47 Å². The molecule has 3 nitrogen and oxygen atoms in total. The van der Waals surface area contributed by atoms with Crippen LogP contribution in [0.15, 0.2) is 24.3 Å². The average Bonchev–Trinajstić information content (AvgIpc) is 2.46. The number of ether oxygens (including phenoxy) is 2. The molecule has 2 atom stereocenters. The quantitative estimate of drug-likeness (QED) is 0.868. The Bertz CT molecular complexity index is 344. The molecule has 1 N–H and O–H groups in total. The van der Waals surface area contributed by atoms with Crippen molar-refractivity contribution in [3.05, 3.63) is 35.4 Å². The van der Waals surface area contributed by atoms with Crippen molar-refractivity contribution in [3.63, 3.8) is 0 Å². The molecular formula is C15H23NO2. The van der Waals surface area contributed by atoms with E-state index in [-0.39, 0.29) is 12.1 Å². The van der Waals surface area contributed by atoms with Crippen molar-refractivity contribution >= 4 is 0 Å². The minimum atomic E-state index is 0.117. The largest absolute Gasteiger partial charge is 0.376 e. The first-order valence-corrected chi connectivity index (χ1v) is 6.86. The highest BCUT2D eigenvalue weighted by Crippen LogP contribution is 2.22. The number of nitrogens with one attached hydrogen (secondary N) is 1. The fraction of sp³-hybridized carbons (Fsp3) is 0.600. The van der Waals surface area contributed by atoms with E-state index in [2.05, 4.69) is 43.4 Å². The molecule has 1 saturated heterocycles. The van der Waals surface area contributed by atoms with Crippen LogP contribution in [0.1, 0.15) is 31.0 Å². The van der Waals surface area contributed by atoms with Gasteiger partial charge in [-0.1, -0.05) is 38.1 Å². The van der Waals surface area contributed by atoms with Crippen molar-refractivity contribution in [3.8, 4) is 0 Å². The summed E-state index contributed by atoms with van der Waals surface area (Å²) in [6.07, 6.45) is 1.20. The van der Waals surface area contributed by atoms with Gasteiger partial charge in [0.05, 0.1) is 25.9 Å². The van der Waals surface area contributed by atoms with Gasteiger partial charge in [0.15, 0.2) is 0 Å². The molecule has 100 valence electrons. The van der Waals surface area contributed by atoms with E-state index in [1.807, 2.05) is 0 Å². The van der Waals surface area contributed by atoms with Gasteiger partial charge in [-0.15, -0.1) is 0 Å². The summed E-state index contributed by atoms with van der Waals surface area (Å²) < 4.78 is 11.3. The van der Waals surface area contributed by atoms with E-state index in [1.54, 1.807) is 0 Å². The number of likely N-dealkylation sites (N-methyl/N-ethyl adjacent to an activating group) is 1. The van der Waals surface area contributed by atoms with Gasteiger partial charge in [0.1, 0.15) is 6.10 Å². The fourth-order valence-electron chi connectivity index (χ4n) is 2.34. The smallest absolute Gasteiger partial charge is 0.100 e. The van der Waals surface area contributed by atoms with E-state index < -0.39 is 0 Å². The summed E-state index contributed by atoms with van der Waals surface area (Å²) >= 11 is 0. The second kappa shape index (κ2) is 6.88. The lowest BCUT2D eigenvalue weighted by Gasteiger charge is -2.31. The molecule has 1 aromatic rings. The lowest BCUT2D eigenvalue weighted by Crippen LogP contribution is -2.40. The van der Waals surface area contributed by atoms with Crippen LogP contribution in [0.4, 0.5) is 0 Å². The molecule has 1 aliphatic heterocycles. The molecule has 1 heterocycles. The summed E-state index contributed by atoms with van der Waals surface area (Å²) in [5.74, 6) is 0. The van der Waals surface area contributed by atoms with Crippen molar-refractivity contribution in [2.45, 2.75) is 32.4 Å². The number of benzene rings is 1. The first kappa shape index (κ1) is 13.5. The Morgan fingerprint density at radius 2 is 2.00 bits per heavy atom. The van der Waals surface area contributed by atoms with E-state index in [0.717, 1.165) is 13.0 Å². The Hall–Kier alpha value is -0.900. The zero-order valence-corrected chi connectivity index (χ0v) is 11.3. The van der Waals surface area contributed by atoms with E-state index >= 15 is 0 Å². The van der Waals surface area contributed by atoms with Crippen LogP contribution in [0.5, 0.6) is 0 Å². The first-order chi connectivity index (χ1) is 8.85. The van der Waals surface area contributed by atoms with Gasteiger partial charge in [-0.05, 0) is 24.1 Å². The van der Waals surface area contributed by atoms with Gasteiger partial charge < -0.3 is 14.8 Å². The Balaban J connectivity index is 2.11. The Kier molecular flexibility index (Phi) is 5.17. The summed E-state index contributed by atoms with van der Waals surface area (Å²) in [7, 11) is 0. The molecule has 2 rings (SSSR count). The molecule has 0 bridgehead atoms. The molecule has 0 saturated carbocycles. The second-order valence-electron chi connectivity index (χ2n) is 4.61. The zero-order valence-electron chi connectivity index (χ0n) is 11.3. The summed E-state index contributed by atoms with van der Waals surface area (Å²) in [5, 5.41) is 3.50. The van der Waals surface area contributed by atoms with Gasteiger partial charge in [-0.3, -0.25) is 0 Å². The highest BCUT2D eigenvalue weighted by atomic mass is 16.6. The molecule has 0 radical (unpaired) electrons. The average molecular weight is 249 g/mol. The summed E-state index contributed by atoms with van der Waals surface area (Å²) in [6, 6.07) is 9.02. The normalized spacial score (nSPS) is 21.8. The molecule has 1 fully saturated rings. The molecule has 1 aliphatic rings. The topological polar surface area (TPSA) is 30.5 Å². The van der Waals surface area contributed by atoms with Gasteiger partial charge >= 0.3 is 0 Å². The van der Waals surface area contributed by atoms with Gasteiger partial charge in [0, 0.05) is 0 Å². The number of aryl methyl sites for hydroxylation is 1. The van der Waals surface area contributed by atoms with Crippen molar-refractivity contribution in [2.24, 2.45) is 0 Å². The van der Waals surface area contributed by atoms with Crippen molar-refractivity contribution < 1.29 is 9.47 Å². The van der Waals surface area contributed by atoms with Crippen LogP contribution in [0.3, 0.4) is 0 Å². The highest BCUT2D eigenvalue weighted by Gasteiger charge is 2.25. The van der Waals surface area contributed by atoms with Gasteiger partial charge in [-0.2, -0.15) is 0 Å². The molecular weight excluding hydrogens is 226 g/mol. The lowest BCUT2D eigenvalue weighted by atomic mass is 9.99. The third kappa shape index (κ3) is 3.31. The third-order valence-electron chi connectivity index (χ3n) is 3.38. The molecule has 0 spiro atoms. The molecule has 0 aromatic heterocycles. The predicted molar refractivity (Wildman–Crippen MR) is 72.8 cm³/mol. The van der Waals surface area contributed by atoms with Crippen LogP contribution in [0.2, 0.25) is 0 Å². The lowest BCUT2D eigenvalue weighted by molar-refractivity contribution is -0.102. The van der Waals surface area contributed by atoms with Crippen LogP contribution < -0.4 is 5.32 Å². The van der Waals surface area contributed by atoms with E-state index in [1.165, 1.54) is 11.1 Å². The van der Waals surface area contributed by atoms with Crippen molar-refractivity contribution in [1.29, 1.82) is 0 Å². The number of hydrogen-bond acceptors (Lipinski definition) is 3. The second-order valence-corrected chi connectivity index (χ2v) is 4.61. The molecule has 0 aliphatic carbocycles. The Labute approximate surface area is 109 Å². The van der Waals surface area contributed by atoms with Crippen molar-refractivity contribution in [1.82, 2.24) is 5.32 Å². The maximum Gasteiger partial charge on any atom is 0.100 e. The molecule has 2 unspecified atom stereocenters. The highest BCUT2D eigenvalue weighted by molar-refractivity contribution is 5.26. The third-order valence-corrected chi connectivity index (χ3v) is 3.38. The predicted octanol–water partition coefficient (Wildman–Crippen LogP) is 2.32. The first-order valence-electron chi connectivity index (χ1n) is 6.86. The minimum absolute atomic E-state index is 0.117. The summed E-state index contributed by atoms with van der Waals surface area (Å²) in [5.41, 5.74) is 2.65. The molecule has 1 aromatic carbocycles. The van der Waals surface area contributed by atoms with Crippen LogP contribution >= 0.6 is 0 Å². The molecule has 3 heteroatoms. The maximum absolute atomic E-state index is 5.82. The number of rotatable bonds is 5. The molecule has 18 heavy (non-hydrogen) atoms. The minimum Gasteiger partial charge on any atom is -0.376 e. The maximum atomic E-state index is 5.82. The van der Waals surface area contributed by atoms with E-state index in [0.29, 0.717) is 19.8 Å². The number of hydrogen-bond donors (Lipinski definition) is 1. The van der Waals surface area contributed by atoms with Crippen LogP contribution in [-0.2, 0) is 15.9 Å². The van der Waals surface area contributed by atoms with Gasteiger partial charge in [0.2, 0.25) is 0 Å². The molecule has 0 amide bonds. The SMILES string of the molecule is CCNC(c1ccc(CC)cc1)C1COCCO1. The van der Waals surface area contributed by atoms with Gasteiger partial charge in [-0.25, -0.2) is 0 Å². The summed E-state index contributed by atoms with van der Waals surface area (Å²) in [6.45, 7) is 7.31. The Morgan fingerprint density at radius 1 is 1.22 bits per heavy atom. The van der Waals surface area contributed by atoms with E-state index in [9.17, 15) is 0 Å².